The molecule has 0 saturated heterocycles. The molecule has 1 atom stereocenters. The van der Waals surface area contributed by atoms with E-state index < -0.39 is 0 Å². The van der Waals surface area contributed by atoms with Gasteiger partial charge >= 0.3 is 0 Å². The molecule has 0 spiro atoms. The van der Waals surface area contributed by atoms with Crippen molar-refractivity contribution in [2.45, 2.75) is 24.8 Å². The van der Waals surface area contributed by atoms with Crippen LogP contribution < -0.4 is 10.6 Å². The van der Waals surface area contributed by atoms with Crippen molar-refractivity contribution in [1.29, 1.82) is 0 Å². The van der Waals surface area contributed by atoms with Gasteiger partial charge in [-0.1, -0.05) is 11.6 Å². The second-order valence-electron chi connectivity index (χ2n) is 4.22. The van der Waals surface area contributed by atoms with Crippen LogP contribution in [0.4, 0.5) is 5.69 Å². The third kappa shape index (κ3) is 2.17. The van der Waals surface area contributed by atoms with Crippen LogP contribution in [0.5, 0.6) is 0 Å². The van der Waals surface area contributed by atoms with Crippen LogP contribution in [0.3, 0.4) is 0 Å². The average molecular weight is 257 g/mol. The first-order valence-electron chi connectivity index (χ1n) is 5.53. The van der Waals surface area contributed by atoms with Crippen molar-refractivity contribution in [2.24, 2.45) is 5.73 Å². The molecule has 1 aromatic carbocycles. The van der Waals surface area contributed by atoms with Crippen LogP contribution in [0, 0.1) is 6.92 Å². The molecule has 0 aromatic heterocycles. The molecule has 1 aromatic rings. The quantitative estimate of drug-likeness (QED) is 0.882. The number of anilines is 1. The van der Waals surface area contributed by atoms with Gasteiger partial charge in [0.25, 0.3) is 0 Å². The molecule has 2 nitrogen and oxygen atoms in total. The van der Waals surface area contributed by atoms with Gasteiger partial charge in [0.05, 0.1) is 10.7 Å². The highest BCUT2D eigenvalue weighted by Crippen LogP contribution is 2.41. The summed E-state index contributed by atoms with van der Waals surface area (Å²) in [4.78, 5) is 3.62. The summed E-state index contributed by atoms with van der Waals surface area (Å²) in [6, 6.07) is 4.59. The number of nitrogens with two attached hydrogens (primary N) is 1. The Bertz CT molecular complexity index is 395. The van der Waals surface area contributed by atoms with Gasteiger partial charge in [-0.15, -0.1) is 11.8 Å². The molecule has 2 rings (SSSR count). The van der Waals surface area contributed by atoms with Crippen molar-refractivity contribution < 1.29 is 0 Å². The van der Waals surface area contributed by atoms with E-state index in [0.717, 1.165) is 17.3 Å². The van der Waals surface area contributed by atoms with Gasteiger partial charge in [0.1, 0.15) is 0 Å². The number of fused-ring (bicyclic) bond motifs is 1. The maximum absolute atomic E-state index is 6.35. The summed E-state index contributed by atoms with van der Waals surface area (Å²) >= 11 is 8.23. The zero-order chi connectivity index (χ0) is 11.7. The molecule has 0 saturated carbocycles. The lowest BCUT2D eigenvalue weighted by Crippen LogP contribution is -2.41. The summed E-state index contributed by atoms with van der Waals surface area (Å²) in [6.07, 6.45) is 0. The Morgan fingerprint density at radius 2 is 2.31 bits per heavy atom. The van der Waals surface area contributed by atoms with E-state index in [1.165, 1.54) is 16.1 Å². The Kier molecular flexibility index (Phi) is 3.67. The minimum atomic E-state index is 0.347. The standard InChI is InChI=1S/C12H17ClN2S/c1-8-5-10(13)12-11(6-8)16-4-3-15(12)9(2)7-14/h5-6,9H,3-4,7,14H2,1-2H3. The monoisotopic (exact) mass is 256 g/mol. The fourth-order valence-corrected chi connectivity index (χ4v) is 3.60. The molecule has 1 aliphatic heterocycles. The topological polar surface area (TPSA) is 29.3 Å². The lowest BCUT2D eigenvalue weighted by molar-refractivity contribution is 0.651. The molecule has 0 aliphatic carbocycles. The lowest BCUT2D eigenvalue weighted by Gasteiger charge is -2.36. The fourth-order valence-electron chi connectivity index (χ4n) is 2.03. The van der Waals surface area contributed by atoms with Crippen LogP contribution in [0.1, 0.15) is 12.5 Å². The molecule has 4 heteroatoms. The van der Waals surface area contributed by atoms with Crippen LogP contribution in [-0.2, 0) is 0 Å². The Hall–Kier alpha value is -0.380. The number of nitrogens with zero attached hydrogens (tertiary/aromatic N) is 1. The number of halogens is 1. The SMILES string of the molecule is Cc1cc(Cl)c2c(c1)SCCN2C(C)CN. The van der Waals surface area contributed by atoms with Gasteiger partial charge in [0.15, 0.2) is 0 Å². The van der Waals surface area contributed by atoms with Gasteiger partial charge in [-0.05, 0) is 31.5 Å². The molecule has 0 fully saturated rings. The van der Waals surface area contributed by atoms with Crippen molar-refractivity contribution in [3.63, 3.8) is 0 Å². The molecular formula is C12H17ClN2S. The highest BCUT2D eigenvalue weighted by Gasteiger charge is 2.23. The van der Waals surface area contributed by atoms with Crippen LogP contribution in [0.25, 0.3) is 0 Å². The summed E-state index contributed by atoms with van der Waals surface area (Å²) in [5.74, 6) is 1.11. The average Bonchev–Trinajstić information content (AvgIpc) is 2.26. The smallest absolute Gasteiger partial charge is 0.0697 e. The second kappa shape index (κ2) is 4.86. The number of rotatable bonds is 2. The first-order chi connectivity index (χ1) is 7.63. The Morgan fingerprint density at radius 3 is 3.00 bits per heavy atom. The van der Waals surface area contributed by atoms with Gasteiger partial charge in [0.2, 0.25) is 0 Å². The van der Waals surface area contributed by atoms with Crippen molar-refractivity contribution in [3.8, 4) is 0 Å². The molecule has 1 aliphatic rings. The van der Waals surface area contributed by atoms with Crippen molar-refractivity contribution in [2.75, 3.05) is 23.7 Å². The molecule has 1 unspecified atom stereocenters. The highest BCUT2D eigenvalue weighted by molar-refractivity contribution is 7.99. The van der Waals surface area contributed by atoms with E-state index >= 15 is 0 Å². The summed E-state index contributed by atoms with van der Waals surface area (Å²) in [5, 5.41) is 0.850. The van der Waals surface area contributed by atoms with Crippen molar-refractivity contribution in [3.05, 3.63) is 22.7 Å². The predicted molar refractivity (Wildman–Crippen MR) is 72.8 cm³/mol. The van der Waals surface area contributed by atoms with E-state index in [-0.39, 0.29) is 0 Å². The minimum Gasteiger partial charge on any atom is -0.365 e. The van der Waals surface area contributed by atoms with Gasteiger partial charge in [-0.2, -0.15) is 0 Å². The number of aryl methyl sites for hydroxylation is 1. The first-order valence-corrected chi connectivity index (χ1v) is 6.89. The predicted octanol–water partition coefficient (Wildman–Crippen LogP) is 2.91. The zero-order valence-electron chi connectivity index (χ0n) is 9.66. The van der Waals surface area contributed by atoms with Crippen LogP contribution in [0.15, 0.2) is 17.0 Å². The van der Waals surface area contributed by atoms with Crippen LogP contribution in [0.2, 0.25) is 5.02 Å². The van der Waals surface area contributed by atoms with Crippen LogP contribution >= 0.6 is 23.4 Å². The second-order valence-corrected chi connectivity index (χ2v) is 5.76. The Morgan fingerprint density at radius 1 is 1.56 bits per heavy atom. The van der Waals surface area contributed by atoms with E-state index in [1.807, 2.05) is 17.8 Å². The minimum absolute atomic E-state index is 0.347. The molecule has 88 valence electrons. The fraction of sp³-hybridized carbons (Fsp3) is 0.500. The molecule has 0 bridgehead atoms. The summed E-state index contributed by atoms with van der Waals surface area (Å²) in [6.45, 7) is 5.92. The Labute approximate surface area is 106 Å². The van der Waals surface area contributed by atoms with Crippen LogP contribution in [-0.4, -0.2) is 24.9 Å². The number of benzene rings is 1. The Balaban J connectivity index is 2.45. The van der Waals surface area contributed by atoms with Gasteiger partial charge in [0, 0.05) is 29.8 Å². The zero-order valence-corrected chi connectivity index (χ0v) is 11.2. The van der Waals surface area contributed by atoms with E-state index in [1.54, 1.807) is 0 Å². The molecule has 0 radical (unpaired) electrons. The van der Waals surface area contributed by atoms with Crippen molar-refractivity contribution >= 4 is 29.1 Å². The maximum atomic E-state index is 6.35. The third-order valence-corrected chi connectivity index (χ3v) is 4.22. The van der Waals surface area contributed by atoms with E-state index in [0.29, 0.717) is 12.6 Å². The van der Waals surface area contributed by atoms with E-state index in [2.05, 4.69) is 24.8 Å². The molecule has 2 N–H and O–H groups in total. The largest absolute Gasteiger partial charge is 0.365 e. The molecular weight excluding hydrogens is 240 g/mol. The van der Waals surface area contributed by atoms with Gasteiger partial charge in [-0.25, -0.2) is 0 Å². The maximum Gasteiger partial charge on any atom is 0.0697 e. The lowest BCUT2D eigenvalue weighted by atomic mass is 10.1. The summed E-state index contributed by atoms with van der Waals surface area (Å²) < 4.78 is 0. The first kappa shape index (κ1) is 12.1. The summed E-state index contributed by atoms with van der Waals surface area (Å²) in [7, 11) is 0. The number of hydrogen-bond donors (Lipinski definition) is 1. The van der Waals surface area contributed by atoms with E-state index in [9.17, 15) is 0 Å². The van der Waals surface area contributed by atoms with E-state index in [4.69, 9.17) is 17.3 Å². The number of hydrogen-bond acceptors (Lipinski definition) is 3. The third-order valence-electron chi connectivity index (χ3n) is 2.92. The van der Waals surface area contributed by atoms with Gasteiger partial charge < -0.3 is 10.6 Å². The highest BCUT2D eigenvalue weighted by atomic mass is 35.5. The molecule has 0 amide bonds. The molecule has 16 heavy (non-hydrogen) atoms. The number of thioether (sulfide) groups is 1. The molecule has 1 heterocycles. The van der Waals surface area contributed by atoms with Crippen molar-refractivity contribution in [1.82, 2.24) is 0 Å². The normalized spacial score (nSPS) is 17.1. The van der Waals surface area contributed by atoms with Gasteiger partial charge in [-0.3, -0.25) is 0 Å². The summed E-state index contributed by atoms with van der Waals surface area (Å²) in [5.41, 5.74) is 8.14.